The average Bonchev–Trinajstić information content (AvgIpc) is 2.98. The fourth-order valence-electron chi connectivity index (χ4n) is 3.44. The maximum Gasteiger partial charge on any atom is 0.223 e. The second kappa shape index (κ2) is 7.80. The summed E-state index contributed by atoms with van der Waals surface area (Å²) in [6, 6.07) is 9.95. The minimum Gasteiger partial charge on any atom is -0.488 e. The van der Waals surface area contributed by atoms with E-state index < -0.39 is 0 Å². The Morgan fingerprint density at radius 2 is 2.21 bits per heavy atom. The summed E-state index contributed by atoms with van der Waals surface area (Å²) in [7, 11) is 0. The number of H-pyrrole nitrogens is 1. The van der Waals surface area contributed by atoms with E-state index in [0.717, 1.165) is 17.7 Å². The molecule has 0 unspecified atom stereocenters. The summed E-state index contributed by atoms with van der Waals surface area (Å²) in [6.45, 7) is 3.07. The third kappa shape index (κ3) is 3.97. The SMILES string of the molecule is CC[C@@H]1CN(C(=O)CCc2nc3ccc(F)cc3[nH]2)Cc2ccc(Cl)cc2O1. The maximum absolute atomic E-state index is 13.3. The fraction of sp³-hybridized carbons (Fsp3) is 0.333. The molecule has 3 aromatic rings. The molecule has 146 valence electrons. The zero-order valence-corrected chi connectivity index (χ0v) is 16.3. The zero-order valence-electron chi connectivity index (χ0n) is 15.5. The van der Waals surface area contributed by atoms with Gasteiger partial charge in [-0.1, -0.05) is 24.6 Å². The number of hydrogen-bond acceptors (Lipinski definition) is 3. The topological polar surface area (TPSA) is 58.2 Å². The van der Waals surface area contributed by atoms with Gasteiger partial charge in [0.2, 0.25) is 5.91 Å². The summed E-state index contributed by atoms with van der Waals surface area (Å²) in [4.78, 5) is 22.2. The molecule has 0 radical (unpaired) electrons. The standard InChI is InChI=1S/C21H21ClFN3O2/c1-2-16-12-26(11-13-3-4-14(22)9-19(13)28-16)21(27)8-7-20-24-17-6-5-15(23)10-18(17)25-20/h3-6,9-10,16H,2,7-8,11-12H2,1H3,(H,24,25)/t16-/m1/s1. The van der Waals surface area contributed by atoms with Crippen LogP contribution in [0.2, 0.25) is 5.02 Å². The molecule has 0 aliphatic carbocycles. The number of carbonyl (C=O) groups is 1. The highest BCUT2D eigenvalue weighted by Gasteiger charge is 2.25. The molecular formula is C21H21ClFN3O2. The lowest BCUT2D eigenvalue weighted by molar-refractivity contribution is -0.132. The Hall–Kier alpha value is -2.60. The van der Waals surface area contributed by atoms with Crippen LogP contribution in [0, 0.1) is 5.82 Å². The molecule has 0 bridgehead atoms. The molecule has 1 aliphatic heterocycles. The van der Waals surface area contributed by atoms with Gasteiger partial charge in [-0.2, -0.15) is 0 Å². The van der Waals surface area contributed by atoms with Crippen molar-refractivity contribution < 1.29 is 13.9 Å². The number of aryl methyl sites for hydroxylation is 1. The van der Waals surface area contributed by atoms with Gasteiger partial charge in [0.15, 0.2) is 0 Å². The molecule has 0 saturated carbocycles. The molecule has 0 saturated heterocycles. The number of fused-ring (bicyclic) bond motifs is 2. The van der Waals surface area contributed by atoms with Gasteiger partial charge < -0.3 is 14.6 Å². The van der Waals surface area contributed by atoms with Crippen molar-refractivity contribution >= 4 is 28.5 Å². The van der Waals surface area contributed by atoms with E-state index in [4.69, 9.17) is 16.3 Å². The monoisotopic (exact) mass is 401 g/mol. The molecule has 2 heterocycles. The van der Waals surface area contributed by atoms with Crippen LogP contribution in [0.4, 0.5) is 4.39 Å². The van der Waals surface area contributed by atoms with Gasteiger partial charge in [-0.15, -0.1) is 0 Å². The number of rotatable bonds is 4. The van der Waals surface area contributed by atoms with Crippen LogP contribution in [0.15, 0.2) is 36.4 Å². The van der Waals surface area contributed by atoms with E-state index in [1.54, 1.807) is 12.1 Å². The van der Waals surface area contributed by atoms with Crippen molar-refractivity contribution in [2.45, 2.75) is 38.8 Å². The van der Waals surface area contributed by atoms with Crippen molar-refractivity contribution in [2.24, 2.45) is 0 Å². The third-order valence-corrected chi connectivity index (χ3v) is 5.22. The van der Waals surface area contributed by atoms with E-state index in [0.29, 0.717) is 47.8 Å². The lowest BCUT2D eigenvalue weighted by Gasteiger charge is -2.23. The number of nitrogens with zero attached hydrogens (tertiary/aromatic N) is 2. The Kier molecular flexibility index (Phi) is 5.22. The van der Waals surface area contributed by atoms with Gasteiger partial charge in [-0.3, -0.25) is 4.79 Å². The number of ether oxygens (including phenoxy) is 1. The van der Waals surface area contributed by atoms with Gasteiger partial charge in [-0.05, 0) is 36.8 Å². The van der Waals surface area contributed by atoms with E-state index in [2.05, 4.69) is 9.97 Å². The summed E-state index contributed by atoms with van der Waals surface area (Å²) in [6.07, 6.45) is 1.52. The molecule has 28 heavy (non-hydrogen) atoms. The van der Waals surface area contributed by atoms with Crippen molar-refractivity contribution in [3.8, 4) is 5.75 Å². The molecule has 1 N–H and O–H groups in total. The van der Waals surface area contributed by atoms with Crippen molar-refractivity contribution in [3.63, 3.8) is 0 Å². The Labute approximate surface area is 167 Å². The lowest BCUT2D eigenvalue weighted by Crippen LogP contribution is -2.37. The summed E-state index contributed by atoms with van der Waals surface area (Å²) in [5, 5.41) is 0.620. The van der Waals surface area contributed by atoms with Crippen molar-refractivity contribution in [3.05, 3.63) is 58.6 Å². The summed E-state index contributed by atoms with van der Waals surface area (Å²) >= 11 is 6.09. The summed E-state index contributed by atoms with van der Waals surface area (Å²) in [5.41, 5.74) is 2.29. The van der Waals surface area contributed by atoms with Gasteiger partial charge in [0.05, 0.1) is 17.6 Å². The lowest BCUT2D eigenvalue weighted by atomic mass is 10.1. The van der Waals surface area contributed by atoms with Crippen LogP contribution in [0.5, 0.6) is 5.75 Å². The minimum atomic E-state index is -0.312. The predicted molar refractivity (Wildman–Crippen MR) is 106 cm³/mol. The third-order valence-electron chi connectivity index (χ3n) is 4.98. The van der Waals surface area contributed by atoms with E-state index in [9.17, 15) is 9.18 Å². The minimum absolute atomic E-state index is 0.0384. The fourth-order valence-corrected chi connectivity index (χ4v) is 3.60. The van der Waals surface area contributed by atoms with Crippen molar-refractivity contribution in [2.75, 3.05) is 6.54 Å². The number of aromatic amines is 1. The first-order valence-corrected chi connectivity index (χ1v) is 9.76. The number of halogens is 2. The van der Waals surface area contributed by atoms with Gasteiger partial charge in [0.1, 0.15) is 23.5 Å². The summed E-state index contributed by atoms with van der Waals surface area (Å²) in [5.74, 6) is 1.15. The van der Waals surface area contributed by atoms with Gasteiger partial charge >= 0.3 is 0 Å². The summed E-state index contributed by atoms with van der Waals surface area (Å²) < 4.78 is 19.4. The van der Waals surface area contributed by atoms with Crippen LogP contribution in [0.3, 0.4) is 0 Å². The first kappa shape index (κ1) is 18.7. The van der Waals surface area contributed by atoms with Crippen molar-refractivity contribution in [1.82, 2.24) is 14.9 Å². The highest BCUT2D eigenvalue weighted by molar-refractivity contribution is 6.30. The zero-order chi connectivity index (χ0) is 19.7. The predicted octanol–water partition coefficient (Wildman–Crippen LogP) is 4.49. The van der Waals surface area contributed by atoms with Crippen LogP contribution >= 0.6 is 11.6 Å². The largest absolute Gasteiger partial charge is 0.488 e. The van der Waals surface area contributed by atoms with E-state index in [1.807, 2.05) is 24.0 Å². The first-order valence-electron chi connectivity index (χ1n) is 9.39. The Morgan fingerprint density at radius 1 is 1.36 bits per heavy atom. The molecule has 5 nitrogen and oxygen atoms in total. The molecular weight excluding hydrogens is 381 g/mol. The molecule has 1 atom stereocenters. The Morgan fingerprint density at radius 3 is 3.04 bits per heavy atom. The molecule has 0 fully saturated rings. The highest BCUT2D eigenvalue weighted by Crippen LogP contribution is 2.29. The first-order chi connectivity index (χ1) is 13.5. The number of hydrogen-bond donors (Lipinski definition) is 1. The number of imidazole rings is 1. The van der Waals surface area contributed by atoms with Gasteiger partial charge in [0.25, 0.3) is 0 Å². The van der Waals surface area contributed by atoms with Crippen LogP contribution < -0.4 is 4.74 Å². The normalized spacial score (nSPS) is 16.5. The molecule has 1 aromatic heterocycles. The van der Waals surface area contributed by atoms with Gasteiger partial charge in [-0.25, -0.2) is 9.37 Å². The Bertz CT molecular complexity index is 1020. The van der Waals surface area contributed by atoms with E-state index in [1.165, 1.54) is 12.1 Å². The maximum atomic E-state index is 13.3. The van der Waals surface area contributed by atoms with E-state index >= 15 is 0 Å². The smallest absolute Gasteiger partial charge is 0.223 e. The Balaban J connectivity index is 1.47. The number of carbonyl (C=O) groups excluding carboxylic acids is 1. The van der Waals surface area contributed by atoms with Crippen molar-refractivity contribution in [1.29, 1.82) is 0 Å². The molecule has 7 heteroatoms. The average molecular weight is 402 g/mol. The van der Waals surface area contributed by atoms with Crippen LogP contribution in [0.1, 0.15) is 31.2 Å². The number of aromatic nitrogens is 2. The quantitative estimate of drug-likeness (QED) is 0.700. The van der Waals surface area contributed by atoms with E-state index in [-0.39, 0.29) is 17.8 Å². The molecule has 4 rings (SSSR count). The molecule has 2 aromatic carbocycles. The number of amides is 1. The number of nitrogens with one attached hydrogen (secondary N) is 1. The van der Waals surface area contributed by atoms with Crippen LogP contribution in [-0.4, -0.2) is 33.4 Å². The molecule has 1 aliphatic rings. The molecule has 1 amide bonds. The van der Waals surface area contributed by atoms with Crippen LogP contribution in [-0.2, 0) is 17.8 Å². The second-order valence-corrected chi connectivity index (χ2v) is 7.46. The van der Waals surface area contributed by atoms with Crippen LogP contribution in [0.25, 0.3) is 11.0 Å². The number of benzene rings is 2. The second-order valence-electron chi connectivity index (χ2n) is 7.02. The highest BCUT2D eigenvalue weighted by atomic mass is 35.5. The van der Waals surface area contributed by atoms with Gasteiger partial charge in [0, 0.05) is 30.0 Å². The molecule has 0 spiro atoms.